The zero-order valence-electron chi connectivity index (χ0n) is 19.1. The van der Waals surface area contributed by atoms with Crippen molar-refractivity contribution < 1.29 is 0 Å². The molecule has 32 heavy (non-hydrogen) atoms. The third kappa shape index (κ3) is 3.06. The molecule has 0 atom stereocenters. The lowest BCUT2D eigenvalue weighted by molar-refractivity contribution is -0.181. The quantitative estimate of drug-likeness (QED) is 0.502. The maximum Gasteiger partial charge on any atom is 0.155 e. The van der Waals surface area contributed by atoms with Crippen molar-refractivity contribution in [3.63, 3.8) is 0 Å². The zero-order valence-corrected chi connectivity index (χ0v) is 19.1. The fourth-order valence-corrected chi connectivity index (χ4v) is 5.56. The molecule has 0 radical (unpaired) electrons. The maximum atomic E-state index is 5.12. The Morgan fingerprint density at radius 2 is 1.94 bits per heavy atom. The summed E-state index contributed by atoms with van der Waals surface area (Å²) in [5, 5.41) is 4.31. The summed E-state index contributed by atoms with van der Waals surface area (Å²) in [4.78, 5) is 20.5. The standard InChI is InChI=1S/C25H29N7/c1-16-6-5-7-19(28-16)23-22(18-8-9-21-26-15-27-31(21)13-18)29-20(30-23)14-32(24(2,3)4)25-10-17(11-25)12-25/h5-9,13,15,17H,10-12,14H2,1-4H3,(H,29,30). The van der Waals surface area contributed by atoms with E-state index in [2.05, 4.69) is 46.8 Å². The molecule has 3 aliphatic rings. The van der Waals surface area contributed by atoms with Crippen molar-refractivity contribution in [1.29, 1.82) is 0 Å². The smallest absolute Gasteiger partial charge is 0.155 e. The van der Waals surface area contributed by atoms with Crippen LogP contribution in [0.5, 0.6) is 0 Å². The molecule has 0 aliphatic heterocycles. The van der Waals surface area contributed by atoms with Crippen LogP contribution in [0.15, 0.2) is 42.9 Å². The van der Waals surface area contributed by atoms with Gasteiger partial charge in [-0.2, -0.15) is 5.10 Å². The van der Waals surface area contributed by atoms with E-state index in [-0.39, 0.29) is 5.54 Å². The van der Waals surface area contributed by atoms with Gasteiger partial charge in [0.1, 0.15) is 12.2 Å². The van der Waals surface area contributed by atoms with Crippen molar-refractivity contribution in [2.24, 2.45) is 5.92 Å². The van der Waals surface area contributed by atoms with Gasteiger partial charge in [0.25, 0.3) is 0 Å². The number of fused-ring (bicyclic) bond motifs is 1. The van der Waals surface area contributed by atoms with E-state index < -0.39 is 0 Å². The number of pyridine rings is 2. The summed E-state index contributed by atoms with van der Waals surface area (Å²) in [6.45, 7) is 9.78. The summed E-state index contributed by atoms with van der Waals surface area (Å²) >= 11 is 0. The van der Waals surface area contributed by atoms with Gasteiger partial charge in [0.15, 0.2) is 5.65 Å². The molecule has 0 aromatic carbocycles. The summed E-state index contributed by atoms with van der Waals surface area (Å²) < 4.78 is 1.79. The van der Waals surface area contributed by atoms with Gasteiger partial charge >= 0.3 is 0 Å². The molecule has 7 rings (SSSR count). The van der Waals surface area contributed by atoms with Gasteiger partial charge in [-0.3, -0.25) is 9.88 Å². The van der Waals surface area contributed by atoms with Gasteiger partial charge < -0.3 is 4.98 Å². The topological polar surface area (TPSA) is 75.0 Å². The fourth-order valence-electron chi connectivity index (χ4n) is 5.56. The molecule has 4 aromatic rings. The summed E-state index contributed by atoms with van der Waals surface area (Å²) in [5.74, 6) is 1.92. The Labute approximate surface area is 187 Å². The number of aryl methyl sites for hydroxylation is 1. The van der Waals surface area contributed by atoms with E-state index in [0.29, 0.717) is 5.54 Å². The first kappa shape index (κ1) is 19.6. The molecule has 3 aliphatic carbocycles. The number of hydrogen-bond acceptors (Lipinski definition) is 5. The second-order valence-electron chi connectivity index (χ2n) is 10.5. The van der Waals surface area contributed by atoms with Gasteiger partial charge in [0, 0.05) is 28.5 Å². The molecule has 3 saturated carbocycles. The van der Waals surface area contributed by atoms with Gasteiger partial charge in [-0.25, -0.2) is 14.5 Å². The van der Waals surface area contributed by atoms with E-state index in [9.17, 15) is 0 Å². The third-order valence-electron chi connectivity index (χ3n) is 7.14. The van der Waals surface area contributed by atoms with Crippen molar-refractivity contribution >= 4 is 5.65 Å². The Bertz CT molecular complexity index is 1290. The molecular formula is C25H29N7. The molecule has 7 heteroatoms. The van der Waals surface area contributed by atoms with Crippen molar-refractivity contribution in [1.82, 2.24) is 34.4 Å². The van der Waals surface area contributed by atoms with Crippen LogP contribution in [0.3, 0.4) is 0 Å². The maximum absolute atomic E-state index is 5.12. The van der Waals surface area contributed by atoms with E-state index in [1.165, 1.54) is 19.3 Å². The van der Waals surface area contributed by atoms with Crippen LogP contribution >= 0.6 is 0 Å². The Morgan fingerprint density at radius 3 is 2.62 bits per heavy atom. The Balaban J connectivity index is 1.44. The summed E-state index contributed by atoms with van der Waals surface area (Å²) in [6, 6.07) is 10.2. The molecule has 0 spiro atoms. The highest BCUT2D eigenvalue weighted by Gasteiger charge is 2.61. The number of hydrogen-bond donors (Lipinski definition) is 1. The third-order valence-corrected chi connectivity index (χ3v) is 7.14. The van der Waals surface area contributed by atoms with Crippen LogP contribution in [0.25, 0.3) is 28.3 Å². The van der Waals surface area contributed by atoms with E-state index in [1.807, 2.05) is 37.4 Å². The van der Waals surface area contributed by atoms with Crippen LogP contribution in [-0.4, -0.2) is 45.5 Å². The summed E-state index contributed by atoms with van der Waals surface area (Å²) in [7, 11) is 0. The van der Waals surface area contributed by atoms with Crippen molar-refractivity contribution in [3.8, 4) is 22.6 Å². The number of aromatic nitrogens is 6. The van der Waals surface area contributed by atoms with Gasteiger partial charge in [-0.15, -0.1) is 0 Å². The lowest BCUT2D eigenvalue weighted by atomic mass is 9.48. The number of imidazole rings is 1. The average Bonchev–Trinajstić information content (AvgIpc) is 3.30. The van der Waals surface area contributed by atoms with E-state index in [0.717, 1.165) is 52.3 Å². The van der Waals surface area contributed by atoms with Crippen molar-refractivity contribution in [2.45, 2.75) is 64.6 Å². The fraction of sp³-hybridized carbons (Fsp3) is 0.440. The number of nitrogens with one attached hydrogen (secondary N) is 1. The molecule has 4 heterocycles. The second kappa shape index (κ2) is 6.72. The first-order valence-electron chi connectivity index (χ1n) is 11.4. The van der Waals surface area contributed by atoms with Crippen LogP contribution in [0.1, 0.15) is 51.6 Å². The molecule has 4 aromatic heterocycles. The largest absolute Gasteiger partial charge is 0.339 e. The summed E-state index contributed by atoms with van der Waals surface area (Å²) in [5.41, 5.74) is 6.01. The molecule has 2 bridgehead atoms. The monoisotopic (exact) mass is 427 g/mol. The van der Waals surface area contributed by atoms with E-state index in [1.54, 1.807) is 10.8 Å². The highest BCUT2D eigenvalue weighted by molar-refractivity contribution is 5.77. The molecule has 0 amide bonds. The van der Waals surface area contributed by atoms with Crippen LogP contribution in [0, 0.1) is 12.8 Å². The minimum Gasteiger partial charge on any atom is -0.339 e. The highest BCUT2D eigenvalue weighted by Crippen LogP contribution is 2.62. The van der Waals surface area contributed by atoms with Crippen molar-refractivity contribution in [3.05, 3.63) is 54.4 Å². The summed E-state index contributed by atoms with van der Waals surface area (Å²) in [6.07, 6.45) is 7.54. The molecular weight excluding hydrogens is 398 g/mol. The van der Waals surface area contributed by atoms with Crippen LogP contribution < -0.4 is 0 Å². The van der Waals surface area contributed by atoms with Gasteiger partial charge in [0.05, 0.1) is 23.6 Å². The molecule has 1 N–H and O–H groups in total. The number of nitrogens with zero attached hydrogens (tertiary/aromatic N) is 6. The Hall–Kier alpha value is -3.06. The van der Waals surface area contributed by atoms with Gasteiger partial charge in [0.2, 0.25) is 0 Å². The number of aromatic amines is 1. The van der Waals surface area contributed by atoms with E-state index in [4.69, 9.17) is 9.97 Å². The van der Waals surface area contributed by atoms with Gasteiger partial charge in [-0.1, -0.05) is 6.07 Å². The normalized spacial score (nSPS) is 22.2. The number of rotatable bonds is 5. The van der Waals surface area contributed by atoms with Crippen LogP contribution in [0.4, 0.5) is 0 Å². The lowest BCUT2D eigenvalue weighted by Gasteiger charge is -2.69. The minimum atomic E-state index is 0.0831. The molecule has 164 valence electrons. The molecule has 0 unspecified atom stereocenters. The first-order chi connectivity index (χ1) is 15.3. The predicted molar refractivity (Wildman–Crippen MR) is 124 cm³/mol. The minimum absolute atomic E-state index is 0.0831. The first-order valence-corrected chi connectivity index (χ1v) is 11.4. The van der Waals surface area contributed by atoms with Crippen LogP contribution in [-0.2, 0) is 6.54 Å². The SMILES string of the molecule is Cc1cccc(-c2[nH]c(CN(C(C)(C)C)C34CC(C3)C4)nc2-c2ccc3ncnn3c2)n1. The predicted octanol–water partition coefficient (Wildman–Crippen LogP) is 4.64. The Kier molecular flexibility index (Phi) is 4.12. The van der Waals surface area contributed by atoms with Crippen molar-refractivity contribution in [2.75, 3.05) is 0 Å². The zero-order chi connectivity index (χ0) is 22.1. The average molecular weight is 428 g/mol. The van der Waals surface area contributed by atoms with E-state index >= 15 is 0 Å². The lowest BCUT2D eigenvalue weighted by Crippen LogP contribution is -2.71. The van der Waals surface area contributed by atoms with Crippen LogP contribution in [0.2, 0.25) is 0 Å². The Morgan fingerprint density at radius 1 is 1.12 bits per heavy atom. The van der Waals surface area contributed by atoms with Gasteiger partial charge in [-0.05, 0) is 77.1 Å². The molecule has 7 nitrogen and oxygen atoms in total. The molecule has 0 saturated heterocycles. The second-order valence-corrected chi connectivity index (χ2v) is 10.5. The molecule has 3 fully saturated rings. The number of H-pyrrole nitrogens is 1. The highest BCUT2D eigenvalue weighted by atomic mass is 15.3.